The smallest absolute Gasteiger partial charge is 0.315 e. The number of halogens is 1. The Kier molecular flexibility index (Phi) is 4.03. The van der Waals surface area contributed by atoms with E-state index < -0.39 is 0 Å². The van der Waals surface area contributed by atoms with Crippen LogP contribution in [0, 0.1) is 0 Å². The van der Waals surface area contributed by atoms with E-state index in [0.29, 0.717) is 22.4 Å². The van der Waals surface area contributed by atoms with Crippen LogP contribution in [0.1, 0.15) is 5.82 Å². The van der Waals surface area contributed by atoms with E-state index in [9.17, 15) is 4.79 Å². The molecule has 0 atom stereocenters. The van der Waals surface area contributed by atoms with Gasteiger partial charge in [-0.1, -0.05) is 11.6 Å². The van der Waals surface area contributed by atoms with E-state index in [2.05, 4.69) is 19.8 Å². The van der Waals surface area contributed by atoms with Crippen molar-refractivity contribution in [1.29, 1.82) is 0 Å². The predicted octanol–water partition coefficient (Wildman–Crippen LogP) is 1.42. The number of hydrogen-bond acceptors (Lipinski definition) is 6. The highest BCUT2D eigenvalue weighted by Crippen LogP contribution is 2.20. The quantitative estimate of drug-likeness (QED) is 0.625. The number of esters is 1. The summed E-state index contributed by atoms with van der Waals surface area (Å²) in [4.78, 5) is 19.5. The van der Waals surface area contributed by atoms with Crippen molar-refractivity contribution in [2.24, 2.45) is 7.05 Å². The van der Waals surface area contributed by atoms with Crippen molar-refractivity contribution in [3.8, 4) is 0 Å². The molecule has 0 saturated heterocycles. The summed E-state index contributed by atoms with van der Waals surface area (Å²) < 4.78 is 6.18. The molecule has 8 heteroatoms. The number of carbonyl (C=O) groups is 1. The zero-order chi connectivity index (χ0) is 13.1. The van der Waals surface area contributed by atoms with Crippen LogP contribution in [0.5, 0.6) is 0 Å². The lowest BCUT2D eigenvalue weighted by Gasteiger charge is -2.02. The summed E-state index contributed by atoms with van der Waals surface area (Å²) in [6, 6.07) is 0. The second-order valence-electron chi connectivity index (χ2n) is 3.51. The van der Waals surface area contributed by atoms with Gasteiger partial charge in [-0.3, -0.25) is 9.48 Å². The Morgan fingerprint density at radius 3 is 3.06 bits per heavy atom. The fourth-order valence-corrected chi connectivity index (χ4v) is 2.31. The van der Waals surface area contributed by atoms with Gasteiger partial charge < -0.3 is 4.74 Å². The van der Waals surface area contributed by atoms with Crippen LogP contribution in [0.3, 0.4) is 0 Å². The summed E-state index contributed by atoms with van der Waals surface area (Å²) >= 11 is 7.42. The molecule has 2 aromatic heterocycles. The molecule has 2 heterocycles. The molecule has 0 unspecified atom stereocenters. The van der Waals surface area contributed by atoms with Gasteiger partial charge in [0.1, 0.15) is 11.0 Å². The molecule has 0 fully saturated rings. The van der Waals surface area contributed by atoms with Gasteiger partial charge >= 0.3 is 5.97 Å². The third-order valence-electron chi connectivity index (χ3n) is 2.27. The zero-order valence-electron chi connectivity index (χ0n) is 9.88. The maximum Gasteiger partial charge on any atom is 0.315 e. The molecule has 0 radical (unpaired) electrons. The van der Waals surface area contributed by atoms with E-state index in [-0.39, 0.29) is 11.7 Å². The molecule has 0 bridgehead atoms. The summed E-state index contributed by atoms with van der Waals surface area (Å²) in [5.74, 6) is 1.06. The Morgan fingerprint density at radius 2 is 2.33 bits per heavy atom. The molecule has 0 spiro atoms. The van der Waals surface area contributed by atoms with Gasteiger partial charge in [0.25, 0.3) is 0 Å². The second kappa shape index (κ2) is 5.53. The van der Waals surface area contributed by atoms with Gasteiger partial charge in [-0.15, -0.1) is 11.8 Å². The summed E-state index contributed by atoms with van der Waals surface area (Å²) in [5.41, 5.74) is 0.684. The molecule has 0 aromatic carbocycles. The monoisotopic (exact) mass is 286 g/mol. The Morgan fingerprint density at radius 1 is 1.56 bits per heavy atom. The first-order valence-corrected chi connectivity index (χ1v) is 6.63. The van der Waals surface area contributed by atoms with Crippen LogP contribution in [0.15, 0.2) is 6.20 Å². The van der Waals surface area contributed by atoms with Crippen LogP contribution in [0.25, 0.3) is 11.0 Å². The largest absolute Gasteiger partial charge is 0.468 e. The summed E-state index contributed by atoms with van der Waals surface area (Å²) in [7, 11) is 3.15. The molecule has 0 aliphatic carbocycles. The molecular formula is C10H11ClN4O2S. The van der Waals surface area contributed by atoms with E-state index >= 15 is 0 Å². The van der Waals surface area contributed by atoms with Gasteiger partial charge in [-0.05, 0) is 0 Å². The van der Waals surface area contributed by atoms with Crippen molar-refractivity contribution in [3.05, 3.63) is 17.2 Å². The fourth-order valence-electron chi connectivity index (χ4n) is 1.38. The number of aryl methyl sites for hydroxylation is 1. The van der Waals surface area contributed by atoms with Crippen molar-refractivity contribution in [3.63, 3.8) is 0 Å². The highest BCUT2D eigenvalue weighted by atomic mass is 35.5. The summed E-state index contributed by atoms with van der Waals surface area (Å²) in [6.07, 6.45) is 1.63. The first-order valence-electron chi connectivity index (χ1n) is 5.10. The van der Waals surface area contributed by atoms with Crippen molar-refractivity contribution in [2.45, 2.75) is 5.75 Å². The number of ether oxygens (including phenoxy) is 1. The maximum atomic E-state index is 11.0. The van der Waals surface area contributed by atoms with Gasteiger partial charge in [0.15, 0.2) is 5.65 Å². The minimum atomic E-state index is -0.271. The van der Waals surface area contributed by atoms with Crippen LogP contribution in [-0.4, -0.2) is 38.6 Å². The van der Waals surface area contributed by atoms with Crippen LogP contribution in [-0.2, 0) is 22.3 Å². The lowest BCUT2D eigenvalue weighted by atomic mass is 10.4. The third kappa shape index (κ3) is 2.73. The number of methoxy groups -OCH3 is 1. The Hall–Kier alpha value is -1.34. The number of rotatable bonds is 4. The standard InChI is InChI=1S/C10H11ClN4O2S/c1-15-10-6(3-12-15)9(11)13-7(14-10)4-18-5-8(16)17-2/h3H,4-5H2,1-2H3. The van der Waals surface area contributed by atoms with Crippen LogP contribution in [0.4, 0.5) is 0 Å². The van der Waals surface area contributed by atoms with Crippen molar-refractivity contribution < 1.29 is 9.53 Å². The number of hydrogen-bond donors (Lipinski definition) is 0. The molecule has 0 saturated carbocycles. The number of fused-ring (bicyclic) bond motifs is 1. The van der Waals surface area contributed by atoms with Crippen LogP contribution >= 0.6 is 23.4 Å². The van der Waals surface area contributed by atoms with E-state index in [1.165, 1.54) is 18.9 Å². The SMILES string of the molecule is COC(=O)CSCc1nc(Cl)c2cnn(C)c2n1. The Bertz CT molecular complexity index is 587. The Balaban J connectivity index is 2.14. The van der Waals surface area contributed by atoms with E-state index in [1.54, 1.807) is 17.9 Å². The van der Waals surface area contributed by atoms with Gasteiger partial charge in [0, 0.05) is 7.05 Å². The lowest BCUT2D eigenvalue weighted by molar-refractivity contribution is -0.137. The van der Waals surface area contributed by atoms with E-state index in [0.717, 1.165) is 5.39 Å². The summed E-state index contributed by atoms with van der Waals surface area (Å²) in [6.45, 7) is 0. The number of thioether (sulfide) groups is 1. The van der Waals surface area contributed by atoms with Gasteiger partial charge in [-0.25, -0.2) is 9.97 Å². The predicted molar refractivity (Wildman–Crippen MR) is 69.5 cm³/mol. The topological polar surface area (TPSA) is 69.9 Å². The molecule has 6 nitrogen and oxygen atoms in total. The number of aromatic nitrogens is 4. The fraction of sp³-hybridized carbons (Fsp3) is 0.400. The summed E-state index contributed by atoms with van der Waals surface area (Å²) in [5, 5.41) is 5.17. The number of carbonyl (C=O) groups excluding carboxylic acids is 1. The molecule has 96 valence electrons. The molecule has 18 heavy (non-hydrogen) atoms. The first-order chi connectivity index (χ1) is 8.61. The van der Waals surface area contributed by atoms with E-state index in [4.69, 9.17) is 11.6 Å². The van der Waals surface area contributed by atoms with Crippen molar-refractivity contribution in [2.75, 3.05) is 12.9 Å². The van der Waals surface area contributed by atoms with Crippen LogP contribution in [0.2, 0.25) is 5.15 Å². The first kappa shape index (κ1) is 13.1. The minimum absolute atomic E-state index is 0.265. The Labute approximate surface area is 113 Å². The second-order valence-corrected chi connectivity index (χ2v) is 4.85. The van der Waals surface area contributed by atoms with Gasteiger partial charge in [-0.2, -0.15) is 5.10 Å². The van der Waals surface area contributed by atoms with E-state index in [1.807, 2.05) is 0 Å². The maximum absolute atomic E-state index is 11.0. The third-order valence-corrected chi connectivity index (χ3v) is 3.46. The normalized spacial score (nSPS) is 10.8. The lowest BCUT2D eigenvalue weighted by Crippen LogP contribution is -2.04. The molecule has 0 aliphatic rings. The molecule has 0 aliphatic heterocycles. The van der Waals surface area contributed by atoms with Gasteiger partial charge in [0.05, 0.1) is 30.2 Å². The highest BCUT2D eigenvalue weighted by molar-refractivity contribution is 7.99. The van der Waals surface area contributed by atoms with Gasteiger partial charge in [0.2, 0.25) is 0 Å². The molecule has 0 N–H and O–H groups in total. The highest BCUT2D eigenvalue weighted by Gasteiger charge is 2.10. The van der Waals surface area contributed by atoms with Crippen LogP contribution < -0.4 is 0 Å². The van der Waals surface area contributed by atoms with Crippen molar-refractivity contribution >= 4 is 40.4 Å². The van der Waals surface area contributed by atoms with Crippen molar-refractivity contribution in [1.82, 2.24) is 19.7 Å². The molecular weight excluding hydrogens is 276 g/mol. The average molecular weight is 287 g/mol. The minimum Gasteiger partial charge on any atom is -0.468 e. The molecule has 0 amide bonds. The zero-order valence-corrected chi connectivity index (χ0v) is 11.5. The molecule has 2 aromatic rings. The average Bonchev–Trinajstić information content (AvgIpc) is 2.72. The number of nitrogens with zero attached hydrogens (tertiary/aromatic N) is 4. The molecule has 2 rings (SSSR count).